The van der Waals surface area contributed by atoms with Gasteiger partial charge in [0.2, 0.25) is 0 Å². The molecule has 1 aliphatic rings. The van der Waals surface area contributed by atoms with Crippen LogP contribution in [0.4, 0.5) is 0 Å². The lowest BCUT2D eigenvalue weighted by Crippen LogP contribution is -2.29. The van der Waals surface area contributed by atoms with Crippen LogP contribution in [0.2, 0.25) is 0 Å². The first-order chi connectivity index (χ1) is 28.8. The molecule has 58 heavy (non-hydrogen) atoms. The van der Waals surface area contributed by atoms with Crippen LogP contribution < -0.4 is 5.32 Å². The SMILES string of the molecule is N#CC1=C(c2ccccc2)NC(c2c(-c3ccccc3)ccc(-c3ccccc3)c2-n2c3ccccc3c3c4oc5ccccc5c4ccc32)N=C1c1ccccc1. The molecule has 0 aliphatic carbocycles. The molecule has 3 heterocycles. The third kappa shape index (κ3) is 5.27. The zero-order valence-electron chi connectivity index (χ0n) is 31.3. The van der Waals surface area contributed by atoms with Gasteiger partial charge in [-0.05, 0) is 46.5 Å². The number of fused-ring (bicyclic) bond motifs is 7. The van der Waals surface area contributed by atoms with Crippen LogP contribution in [0.15, 0.2) is 209 Å². The Bertz CT molecular complexity index is 3300. The highest BCUT2D eigenvalue weighted by Gasteiger charge is 2.32. The summed E-state index contributed by atoms with van der Waals surface area (Å²) in [4.78, 5) is 5.57. The van der Waals surface area contributed by atoms with Crippen LogP contribution in [0.3, 0.4) is 0 Å². The van der Waals surface area contributed by atoms with E-state index in [1.807, 2.05) is 66.7 Å². The Morgan fingerprint density at radius 3 is 1.78 bits per heavy atom. The van der Waals surface area contributed by atoms with Crippen molar-refractivity contribution in [1.29, 1.82) is 5.26 Å². The van der Waals surface area contributed by atoms with Crippen molar-refractivity contribution in [2.24, 2.45) is 4.99 Å². The van der Waals surface area contributed by atoms with Gasteiger partial charge in [-0.2, -0.15) is 5.26 Å². The van der Waals surface area contributed by atoms with Gasteiger partial charge >= 0.3 is 0 Å². The maximum atomic E-state index is 10.9. The number of furan rings is 1. The van der Waals surface area contributed by atoms with Crippen molar-refractivity contribution in [2.75, 3.05) is 0 Å². The number of hydrogen-bond donors (Lipinski definition) is 1. The normalized spacial score (nSPS) is 14.2. The van der Waals surface area contributed by atoms with E-state index in [1.165, 1.54) is 0 Å². The standard InChI is InChI=1S/C53H34N4O/c54-33-43-49(36-21-9-3-10-22-36)55-53(56-50(43)37-23-11-4-12-24-37)48-38(34-17-5-1-6-18-34)29-30-39(35-19-7-2-8-20-35)51(48)57-44-27-15-13-26-42(44)47-45(57)32-31-41-40-25-14-16-28-46(40)58-52(41)47/h1-32,53,55H. The number of nitrogens with zero attached hydrogens (tertiary/aromatic N) is 3. The van der Waals surface area contributed by atoms with Gasteiger partial charge in [0.15, 0.2) is 0 Å². The lowest BCUT2D eigenvalue weighted by molar-refractivity contribution is 0.660. The molecule has 0 spiro atoms. The van der Waals surface area contributed by atoms with Crippen LogP contribution >= 0.6 is 0 Å². The number of para-hydroxylation sites is 2. The van der Waals surface area contributed by atoms with E-state index in [2.05, 4.69) is 143 Å². The average Bonchev–Trinajstić information content (AvgIpc) is 3.85. The fourth-order valence-electron chi connectivity index (χ4n) is 8.77. The van der Waals surface area contributed by atoms with Crippen LogP contribution in [0.5, 0.6) is 0 Å². The molecule has 2 aromatic heterocycles. The van der Waals surface area contributed by atoms with Gasteiger partial charge < -0.3 is 14.3 Å². The second kappa shape index (κ2) is 13.7. The Hall–Kier alpha value is -7.94. The van der Waals surface area contributed by atoms with E-state index in [0.717, 1.165) is 94.1 Å². The van der Waals surface area contributed by atoms with Gasteiger partial charge in [-0.3, -0.25) is 4.99 Å². The molecule has 5 nitrogen and oxygen atoms in total. The molecule has 10 aromatic rings. The quantitative estimate of drug-likeness (QED) is 0.184. The molecule has 1 aliphatic heterocycles. The van der Waals surface area contributed by atoms with E-state index in [0.29, 0.717) is 11.3 Å². The summed E-state index contributed by atoms with van der Waals surface area (Å²) in [5.41, 5.74) is 13.7. The third-order valence-electron chi connectivity index (χ3n) is 11.3. The molecule has 0 amide bonds. The summed E-state index contributed by atoms with van der Waals surface area (Å²) >= 11 is 0. The monoisotopic (exact) mass is 742 g/mol. The Morgan fingerprint density at radius 2 is 1.09 bits per heavy atom. The van der Waals surface area contributed by atoms with Crippen LogP contribution in [0.1, 0.15) is 22.9 Å². The van der Waals surface area contributed by atoms with Gasteiger partial charge in [0.05, 0.1) is 33.5 Å². The highest BCUT2D eigenvalue weighted by molar-refractivity contribution is 6.24. The summed E-state index contributed by atoms with van der Waals surface area (Å²) in [6.07, 6.45) is -0.609. The van der Waals surface area contributed by atoms with Crippen LogP contribution in [0.25, 0.3) is 77.4 Å². The summed E-state index contributed by atoms with van der Waals surface area (Å²) in [6, 6.07) is 69.6. The van der Waals surface area contributed by atoms with Gasteiger partial charge in [0.1, 0.15) is 29.0 Å². The molecule has 0 bridgehead atoms. The second-order valence-corrected chi connectivity index (χ2v) is 14.6. The van der Waals surface area contributed by atoms with Crippen molar-refractivity contribution in [2.45, 2.75) is 6.17 Å². The zero-order valence-corrected chi connectivity index (χ0v) is 31.3. The van der Waals surface area contributed by atoms with Gasteiger partial charge in [-0.1, -0.05) is 170 Å². The minimum atomic E-state index is -0.609. The number of aliphatic imine (C=N–C) groups is 1. The number of hydrogen-bond acceptors (Lipinski definition) is 4. The Balaban J connectivity index is 1.31. The molecule has 5 heteroatoms. The maximum Gasteiger partial charge on any atom is 0.148 e. The smallest absolute Gasteiger partial charge is 0.148 e. The molecule has 0 saturated heterocycles. The summed E-state index contributed by atoms with van der Waals surface area (Å²) in [6.45, 7) is 0. The number of benzene rings is 8. The number of nitrogens with one attached hydrogen (secondary N) is 1. The molecule has 1 atom stereocenters. The number of aromatic nitrogens is 1. The lowest BCUT2D eigenvalue weighted by atomic mass is 9.88. The molecule has 1 unspecified atom stereocenters. The van der Waals surface area contributed by atoms with Crippen LogP contribution in [0, 0.1) is 11.3 Å². The maximum absolute atomic E-state index is 10.9. The predicted octanol–water partition coefficient (Wildman–Crippen LogP) is 13.0. The van der Waals surface area contributed by atoms with Crippen molar-refractivity contribution in [3.8, 4) is 34.0 Å². The molecule has 11 rings (SSSR count). The summed E-state index contributed by atoms with van der Waals surface area (Å²) < 4.78 is 9.15. The van der Waals surface area contributed by atoms with Gasteiger partial charge in [0.25, 0.3) is 0 Å². The van der Waals surface area contributed by atoms with Crippen molar-refractivity contribution in [1.82, 2.24) is 9.88 Å². The molecular formula is C53H34N4O. The van der Waals surface area contributed by atoms with E-state index in [9.17, 15) is 5.26 Å². The third-order valence-corrected chi connectivity index (χ3v) is 11.3. The number of allylic oxidation sites excluding steroid dienone is 1. The second-order valence-electron chi connectivity index (χ2n) is 14.6. The fraction of sp³-hybridized carbons (Fsp3) is 0.0189. The molecule has 8 aromatic carbocycles. The first-order valence-electron chi connectivity index (χ1n) is 19.5. The van der Waals surface area contributed by atoms with Gasteiger partial charge in [0, 0.05) is 32.8 Å². The van der Waals surface area contributed by atoms with Gasteiger partial charge in [-0.25, -0.2) is 0 Å². The van der Waals surface area contributed by atoms with Crippen molar-refractivity contribution >= 4 is 55.2 Å². The van der Waals surface area contributed by atoms with Crippen molar-refractivity contribution < 1.29 is 4.42 Å². The first kappa shape index (κ1) is 33.4. The summed E-state index contributed by atoms with van der Waals surface area (Å²) in [5.74, 6) is 0. The van der Waals surface area contributed by atoms with E-state index in [-0.39, 0.29) is 0 Å². The molecule has 1 N–H and O–H groups in total. The highest BCUT2D eigenvalue weighted by Crippen LogP contribution is 2.47. The Kier molecular flexibility index (Phi) is 7.87. The highest BCUT2D eigenvalue weighted by atomic mass is 16.3. The lowest BCUT2D eigenvalue weighted by Gasteiger charge is -2.31. The Labute approximate surface area is 335 Å². The summed E-state index contributed by atoms with van der Waals surface area (Å²) in [5, 5.41) is 19.1. The van der Waals surface area contributed by atoms with Gasteiger partial charge in [-0.15, -0.1) is 0 Å². The van der Waals surface area contributed by atoms with Crippen molar-refractivity contribution in [3.05, 3.63) is 216 Å². The minimum absolute atomic E-state index is 0.500. The van der Waals surface area contributed by atoms with Crippen LogP contribution in [-0.4, -0.2) is 10.3 Å². The van der Waals surface area contributed by atoms with E-state index >= 15 is 0 Å². The molecular weight excluding hydrogens is 709 g/mol. The molecule has 0 radical (unpaired) electrons. The fourth-order valence-corrected chi connectivity index (χ4v) is 8.77. The molecule has 0 fully saturated rings. The summed E-state index contributed by atoms with van der Waals surface area (Å²) in [7, 11) is 0. The van der Waals surface area contributed by atoms with Crippen LogP contribution in [-0.2, 0) is 0 Å². The molecule has 0 saturated carbocycles. The van der Waals surface area contributed by atoms with E-state index in [4.69, 9.17) is 9.41 Å². The zero-order chi connectivity index (χ0) is 38.6. The topological polar surface area (TPSA) is 66.2 Å². The van der Waals surface area contributed by atoms with Crippen molar-refractivity contribution in [3.63, 3.8) is 0 Å². The molecule has 272 valence electrons. The van der Waals surface area contributed by atoms with E-state index in [1.54, 1.807) is 0 Å². The minimum Gasteiger partial charge on any atom is -0.455 e. The number of nitriles is 1. The van der Waals surface area contributed by atoms with E-state index < -0.39 is 6.17 Å². The first-order valence-corrected chi connectivity index (χ1v) is 19.5. The Morgan fingerprint density at radius 1 is 0.517 bits per heavy atom. The predicted molar refractivity (Wildman–Crippen MR) is 237 cm³/mol. The number of rotatable bonds is 6. The largest absolute Gasteiger partial charge is 0.455 e. The average molecular weight is 743 g/mol.